The second kappa shape index (κ2) is 9.69. The minimum Gasteiger partial charge on any atom is -0.493 e. The van der Waals surface area contributed by atoms with Gasteiger partial charge in [-0.15, -0.1) is 0 Å². The van der Waals surface area contributed by atoms with Crippen LogP contribution in [0.5, 0.6) is 5.75 Å². The van der Waals surface area contributed by atoms with Gasteiger partial charge in [0.2, 0.25) is 5.91 Å². The van der Waals surface area contributed by atoms with E-state index in [0.717, 1.165) is 67.3 Å². The summed E-state index contributed by atoms with van der Waals surface area (Å²) in [5.74, 6) is 1.77. The maximum atomic E-state index is 11.4. The molecule has 0 radical (unpaired) electrons. The average molecular weight is 455 g/mol. The predicted octanol–water partition coefficient (Wildman–Crippen LogP) is 4.93. The Bertz CT molecular complexity index is 1270. The smallest absolute Gasteiger partial charge is 0.248 e. The van der Waals surface area contributed by atoms with Gasteiger partial charge in [-0.05, 0) is 86.8 Å². The summed E-state index contributed by atoms with van der Waals surface area (Å²) in [4.78, 5) is 21.8. The fourth-order valence-corrected chi connectivity index (χ4v) is 4.49. The van der Waals surface area contributed by atoms with Gasteiger partial charge in [-0.2, -0.15) is 0 Å². The van der Waals surface area contributed by atoms with Crippen LogP contribution in [0.4, 0.5) is 0 Å². The average Bonchev–Trinajstić information content (AvgIpc) is 3.29. The number of benzene rings is 3. The molecule has 174 valence electrons. The minimum absolute atomic E-state index is 0.448. The number of carbonyl (C=O) groups excluding carboxylic acids is 1. The van der Waals surface area contributed by atoms with Gasteiger partial charge in [0.25, 0.3) is 0 Å². The zero-order chi connectivity index (χ0) is 23.5. The second-order valence-corrected chi connectivity index (χ2v) is 9.22. The molecule has 1 aliphatic rings. The van der Waals surface area contributed by atoms with Gasteiger partial charge in [0, 0.05) is 17.7 Å². The van der Waals surface area contributed by atoms with E-state index in [2.05, 4.69) is 46.1 Å². The molecule has 3 N–H and O–H groups in total. The Morgan fingerprint density at radius 1 is 1.06 bits per heavy atom. The molecule has 0 aliphatic carbocycles. The molecule has 1 aromatic heterocycles. The molecule has 0 atom stereocenters. The number of ether oxygens (including phenoxy) is 1. The third-order valence-electron chi connectivity index (χ3n) is 6.61. The molecule has 34 heavy (non-hydrogen) atoms. The van der Waals surface area contributed by atoms with Crippen LogP contribution in [0.25, 0.3) is 22.4 Å². The standard InChI is InChI=1S/C28H30N4O2/c1-19-2-4-20(5-3-19)17-32-14-12-21(13-15-32)18-34-24-9-6-22(7-10-24)28-30-25-11-8-23(27(29)33)16-26(25)31-28/h2-11,16,21H,12-15,17-18H2,1H3,(H2,29,33)(H,30,31). The fraction of sp³-hybridized carbons (Fsp3) is 0.286. The number of hydrogen-bond donors (Lipinski definition) is 2. The first kappa shape index (κ1) is 22.2. The number of fused-ring (bicyclic) bond motifs is 1. The number of carbonyl (C=O) groups is 1. The molecule has 1 amide bonds. The zero-order valence-corrected chi connectivity index (χ0v) is 19.5. The lowest BCUT2D eigenvalue weighted by Gasteiger charge is -2.31. The van der Waals surface area contributed by atoms with Crippen molar-refractivity contribution in [2.24, 2.45) is 11.7 Å². The van der Waals surface area contributed by atoms with E-state index in [-0.39, 0.29) is 0 Å². The topological polar surface area (TPSA) is 84.2 Å². The highest BCUT2D eigenvalue weighted by atomic mass is 16.5. The summed E-state index contributed by atoms with van der Waals surface area (Å²) in [7, 11) is 0. The molecule has 1 fully saturated rings. The van der Waals surface area contributed by atoms with Crippen molar-refractivity contribution in [2.75, 3.05) is 19.7 Å². The number of aryl methyl sites for hydroxylation is 1. The Morgan fingerprint density at radius 2 is 1.79 bits per heavy atom. The predicted molar refractivity (Wildman–Crippen MR) is 135 cm³/mol. The van der Waals surface area contributed by atoms with Gasteiger partial charge in [-0.25, -0.2) is 4.98 Å². The number of H-pyrrole nitrogens is 1. The number of primary amides is 1. The van der Waals surface area contributed by atoms with Crippen molar-refractivity contribution < 1.29 is 9.53 Å². The normalized spacial score (nSPS) is 15.0. The third kappa shape index (κ3) is 5.13. The van der Waals surface area contributed by atoms with Crippen LogP contribution in [0.1, 0.15) is 34.3 Å². The molecule has 0 saturated carbocycles. The van der Waals surface area contributed by atoms with Crippen LogP contribution >= 0.6 is 0 Å². The Kier molecular flexibility index (Phi) is 6.32. The maximum absolute atomic E-state index is 11.4. The van der Waals surface area contributed by atoms with Crippen molar-refractivity contribution in [3.05, 3.63) is 83.4 Å². The molecule has 6 heteroatoms. The first-order chi connectivity index (χ1) is 16.5. The van der Waals surface area contributed by atoms with Gasteiger partial charge < -0.3 is 15.5 Å². The molecule has 6 nitrogen and oxygen atoms in total. The number of aromatic amines is 1. The Labute approximate surface area is 199 Å². The summed E-state index contributed by atoms with van der Waals surface area (Å²) in [5, 5.41) is 0. The summed E-state index contributed by atoms with van der Waals surface area (Å²) < 4.78 is 6.10. The van der Waals surface area contributed by atoms with E-state index >= 15 is 0 Å². The van der Waals surface area contributed by atoms with Crippen LogP contribution in [0, 0.1) is 12.8 Å². The Morgan fingerprint density at radius 3 is 2.50 bits per heavy atom. The van der Waals surface area contributed by atoms with Crippen molar-refractivity contribution in [3.63, 3.8) is 0 Å². The van der Waals surface area contributed by atoms with Crippen LogP contribution in [-0.2, 0) is 6.54 Å². The number of hydrogen-bond acceptors (Lipinski definition) is 4. The van der Waals surface area contributed by atoms with Crippen LogP contribution in [-0.4, -0.2) is 40.5 Å². The minimum atomic E-state index is -0.448. The van der Waals surface area contributed by atoms with Gasteiger partial charge in [0.15, 0.2) is 0 Å². The van der Waals surface area contributed by atoms with E-state index in [1.54, 1.807) is 18.2 Å². The summed E-state index contributed by atoms with van der Waals surface area (Å²) in [5.41, 5.74) is 11.1. The number of nitrogens with one attached hydrogen (secondary N) is 1. The Hall–Kier alpha value is -3.64. The lowest BCUT2D eigenvalue weighted by molar-refractivity contribution is 0.100. The molecule has 1 aliphatic heterocycles. The van der Waals surface area contributed by atoms with Gasteiger partial charge >= 0.3 is 0 Å². The third-order valence-corrected chi connectivity index (χ3v) is 6.61. The van der Waals surface area contributed by atoms with E-state index in [1.807, 2.05) is 24.3 Å². The summed E-state index contributed by atoms with van der Waals surface area (Å²) in [6, 6.07) is 22.1. The summed E-state index contributed by atoms with van der Waals surface area (Å²) >= 11 is 0. The molecular formula is C28H30N4O2. The highest BCUT2D eigenvalue weighted by Gasteiger charge is 2.20. The number of nitrogens with zero attached hydrogens (tertiary/aromatic N) is 2. The van der Waals surface area contributed by atoms with E-state index in [4.69, 9.17) is 10.5 Å². The lowest BCUT2D eigenvalue weighted by Crippen LogP contribution is -2.35. The SMILES string of the molecule is Cc1ccc(CN2CCC(COc3ccc(-c4nc5ccc(C(N)=O)cc5[nH]4)cc3)CC2)cc1. The molecule has 3 aromatic carbocycles. The number of aromatic nitrogens is 2. The molecule has 0 bridgehead atoms. The first-order valence-corrected chi connectivity index (χ1v) is 11.8. The number of imidazole rings is 1. The second-order valence-electron chi connectivity index (χ2n) is 9.22. The van der Waals surface area contributed by atoms with Crippen LogP contribution < -0.4 is 10.5 Å². The highest BCUT2D eigenvalue weighted by molar-refractivity contribution is 5.96. The number of nitrogens with two attached hydrogens (primary N) is 1. The van der Waals surface area contributed by atoms with Gasteiger partial charge in [0.1, 0.15) is 11.6 Å². The lowest BCUT2D eigenvalue weighted by atomic mass is 9.97. The van der Waals surface area contributed by atoms with E-state index in [0.29, 0.717) is 11.5 Å². The molecule has 0 unspecified atom stereocenters. The molecule has 1 saturated heterocycles. The summed E-state index contributed by atoms with van der Waals surface area (Å²) in [6.07, 6.45) is 2.33. The molecule has 0 spiro atoms. The van der Waals surface area contributed by atoms with Crippen molar-refractivity contribution in [2.45, 2.75) is 26.3 Å². The van der Waals surface area contributed by atoms with Crippen molar-refractivity contribution in [3.8, 4) is 17.1 Å². The fourth-order valence-electron chi connectivity index (χ4n) is 4.49. The van der Waals surface area contributed by atoms with Crippen molar-refractivity contribution in [1.29, 1.82) is 0 Å². The van der Waals surface area contributed by atoms with Crippen molar-refractivity contribution in [1.82, 2.24) is 14.9 Å². The monoisotopic (exact) mass is 454 g/mol. The number of piperidine rings is 1. The number of likely N-dealkylation sites (tertiary alicyclic amines) is 1. The van der Waals surface area contributed by atoms with E-state index < -0.39 is 5.91 Å². The van der Waals surface area contributed by atoms with Crippen molar-refractivity contribution >= 4 is 16.9 Å². The number of rotatable bonds is 7. The highest BCUT2D eigenvalue weighted by Crippen LogP contribution is 2.25. The first-order valence-electron chi connectivity index (χ1n) is 11.8. The molecule has 5 rings (SSSR count). The Balaban J connectivity index is 1.13. The summed E-state index contributed by atoms with van der Waals surface area (Å²) in [6.45, 7) is 6.14. The van der Waals surface area contributed by atoms with Gasteiger partial charge in [-0.1, -0.05) is 29.8 Å². The molecular weight excluding hydrogens is 424 g/mol. The van der Waals surface area contributed by atoms with Gasteiger partial charge in [-0.3, -0.25) is 9.69 Å². The molecule has 2 heterocycles. The van der Waals surface area contributed by atoms with Crippen LogP contribution in [0.15, 0.2) is 66.7 Å². The quantitative estimate of drug-likeness (QED) is 0.415. The maximum Gasteiger partial charge on any atom is 0.248 e. The van der Waals surface area contributed by atoms with Gasteiger partial charge in [0.05, 0.1) is 17.6 Å². The van der Waals surface area contributed by atoms with Crippen LogP contribution in [0.3, 0.4) is 0 Å². The number of amides is 1. The van der Waals surface area contributed by atoms with Crippen LogP contribution in [0.2, 0.25) is 0 Å². The molecule has 4 aromatic rings. The van der Waals surface area contributed by atoms with E-state index in [1.165, 1.54) is 11.1 Å². The van der Waals surface area contributed by atoms with E-state index in [9.17, 15) is 4.79 Å². The largest absolute Gasteiger partial charge is 0.493 e. The zero-order valence-electron chi connectivity index (χ0n) is 19.5.